The number of hydrogen-bond donors (Lipinski definition) is 3. The summed E-state index contributed by atoms with van der Waals surface area (Å²) in [6, 6.07) is 18.6. The average Bonchev–Trinajstić information content (AvgIpc) is 2.73. The molecule has 1 aliphatic heterocycles. The number of rotatable bonds is 7. The normalized spacial score (nSPS) is 15.6. The summed E-state index contributed by atoms with van der Waals surface area (Å²) >= 11 is 0. The number of nitrogens with one attached hydrogen (secondary N) is 2. The fourth-order valence-electron chi connectivity index (χ4n) is 3.63. The molecular weight excluding hydrogens is 475 g/mol. The number of aliphatic imine (C=N–C) groups is 1. The molecule has 0 atom stereocenters. The molecule has 0 unspecified atom stereocenters. The van der Waals surface area contributed by atoms with Crippen LogP contribution in [-0.4, -0.2) is 48.7 Å². The molecule has 2 aromatic rings. The van der Waals surface area contributed by atoms with E-state index in [2.05, 4.69) is 50.9 Å². The van der Waals surface area contributed by atoms with Crippen LogP contribution >= 0.6 is 24.0 Å². The standard InChI is InChI=1S/C23H32N4O.HI/c1-24-23(25-15-5-8-19-9-11-22(28)12-10-19)26-21-13-16-27(17-14-21)18-20-6-3-2-4-7-20;/h2-4,6-7,9-12,21,28H,5,8,13-18H2,1H3,(H2,24,25,26);1H. The highest BCUT2D eigenvalue weighted by Crippen LogP contribution is 2.14. The molecule has 0 spiro atoms. The van der Waals surface area contributed by atoms with Crippen LogP contribution in [0.2, 0.25) is 0 Å². The highest BCUT2D eigenvalue weighted by molar-refractivity contribution is 14.0. The number of phenolic OH excluding ortho intramolecular Hbond substituents is 1. The number of halogens is 1. The third-order valence-corrected chi connectivity index (χ3v) is 5.27. The lowest BCUT2D eigenvalue weighted by Crippen LogP contribution is -2.48. The van der Waals surface area contributed by atoms with Gasteiger partial charge >= 0.3 is 0 Å². The Kier molecular flexibility index (Phi) is 10.3. The van der Waals surface area contributed by atoms with Gasteiger partial charge in [0, 0.05) is 39.3 Å². The van der Waals surface area contributed by atoms with Gasteiger partial charge in [-0.2, -0.15) is 0 Å². The molecule has 1 heterocycles. The number of aromatic hydroxyl groups is 1. The molecule has 0 saturated carbocycles. The minimum atomic E-state index is 0. The number of phenols is 1. The number of hydrogen-bond acceptors (Lipinski definition) is 3. The van der Waals surface area contributed by atoms with Crippen molar-refractivity contribution in [1.82, 2.24) is 15.5 Å². The van der Waals surface area contributed by atoms with E-state index >= 15 is 0 Å². The lowest BCUT2D eigenvalue weighted by Gasteiger charge is -2.33. The van der Waals surface area contributed by atoms with Crippen molar-refractivity contribution < 1.29 is 5.11 Å². The molecule has 29 heavy (non-hydrogen) atoms. The molecule has 1 fully saturated rings. The Balaban J connectivity index is 0.00000300. The van der Waals surface area contributed by atoms with Crippen LogP contribution < -0.4 is 10.6 Å². The SMILES string of the molecule is CN=C(NCCCc1ccc(O)cc1)NC1CCN(Cc2ccccc2)CC1.I. The van der Waals surface area contributed by atoms with Crippen LogP contribution in [0.1, 0.15) is 30.4 Å². The van der Waals surface area contributed by atoms with Gasteiger partial charge in [0.2, 0.25) is 0 Å². The summed E-state index contributed by atoms with van der Waals surface area (Å²) in [5.74, 6) is 1.22. The fraction of sp³-hybridized carbons (Fsp3) is 0.435. The molecule has 0 bridgehead atoms. The van der Waals surface area contributed by atoms with Gasteiger partial charge < -0.3 is 15.7 Å². The zero-order valence-corrected chi connectivity index (χ0v) is 19.5. The first kappa shape index (κ1) is 23.5. The molecule has 3 rings (SSSR count). The predicted molar refractivity (Wildman–Crippen MR) is 131 cm³/mol. The van der Waals surface area contributed by atoms with Crippen molar-refractivity contribution in [3.8, 4) is 5.75 Å². The van der Waals surface area contributed by atoms with Crippen molar-refractivity contribution in [3.63, 3.8) is 0 Å². The molecule has 1 saturated heterocycles. The summed E-state index contributed by atoms with van der Waals surface area (Å²) in [5, 5.41) is 16.3. The van der Waals surface area contributed by atoms with E-state index in [-0.39, 0.29) is 24.0 Å². The zero-order valence-electron chi connectivity index (χ0n) is 17.2. The fourth-order valence-corrected chi connectivity index (χ4v) is 3.63. The monoisotopic (exact) mass is 508 g/mol. The molecular formula is C23H33IN4O. The summed E-state index contributed by atoms with van der Waals surface area (Å²) in [7, 11) is 1.83. The first-order valence-corrected chi connectivity index (χ1v) is 10.2. The van der Waals surface area contributed by atoms with Crippen molar-refractivity contribution in [2.24, 2.45) is 4.99 Å². The van der Waals surface area contributed by atoms with Gasteiger partial charge in [0.25, 0.3) is 0 Å². The topological polar surface area (TPSA) is 59.9 Å². The van der Waals surface area contributed by atoms with Gasteiger partial charge in [0.15, 0.2) is 5.96 Å². The summed E-state index contributed by atoms with van der Waals surface area (Å²) in [4.78, 5) is 6.90. The average molecular weight is 508 g/mol. The van der Waals surface area contributed by atoms with E-state index in [0.29, 0.717) is 11.8 Å². The maximum Gasteiger partial charge on any atom is 0.191 e. The molecule has 158 valence electrons. The lowest BCUT2D eigenvalue weighted by atomic mass is 10.0. The van der Waals surface area contributed by atoms with Gasteiger partial charge in [-0.15, -0.1) is 24.0 Å². The first-order valence-electron chi connectivity index (χ1n) is 10.2. The zero-order chi connectivity index (χ0) is 19.6. The number of guanidine groups is 1. The quantitative estimate of drug-likeness (QED) is 0.231. The van der Waals surface area contributed by atoms with E-state index < -0.39 is 0 Å². The van der Waals surface area contributed by atoms with Gasteiger partial charge in [0.05, 0.1) is 0 Å². The van der Waals surface area contributed by atoms with E-state index in [9.17, 15) is 5.11 Å². The smallest absolute Gasteiger partial charge is 0.191 e. The maximum absolute atomic E-state index is 9.34. The van der Waals surface area contributed by atoms with E-state index in [0.717, 1.165) is 57.8 Å². The van der Waals surface area contributed by atoms with Gasteiger partial charge in [-0.05, 0) is 48.9 Å². The Bertz CT molecular complexity index is 728. The Labute approximate surface area is 191 Å². The van der Waals surface area contributed by atoms with Gasteiger partial charge in [-0.25, -0.2) is 0 Å². The predicted octanol–water partition coefficient (Wildman–Crippen LogP) is 3.77. The summed E-state index contributed by atoms with van der Waals surface area (Å²) in [6.45, 7) is 4.15. The number of piperidine rings is 1. The van der Waals surface area contributed by atoms with Crippen molar-refractivity contribution in [2.45, 2.75) is 38.3 Å². The van der Waals surface area contributed by atoms with Crippen LogP contribution in [0.3, 0.4) is 0 Å². The Morgan fingerprint density at radius 2 is 1.72 bits per heavy atom. The molecule has 0 aromatic heterocycles. The molecule has 0 radical (unpaired) electrons. The second-order valence-electron chi connectivity index (χ2n) is 7.45. The van der Waals surface area contributed by atoms with E-state index in [1.54, 1.807) is 12.1 Å². The van der Waals surface area contributed by atoms with E-state index in [4.69, 9.17) is 0 Å². The van der Waals surface area contributed by atoms with Crippen molar-refractivity contribution in [3.05, 3.63) is 65.7 Å². The summed E-state index contributed by atoms with van der Waals surface area (Å²) in [5.41, 5.74) is 2.63. The minimum Gasteiger partial charge on any atom is -0.508 e. The van der Waals surface area contributed by atoms with Crippen LogP contribution in [-0.2, 0) is 13.0 Å². The molecule has 1 aliphatic rings. The summed E-state index contributed by atoms with van der Waals surface area (Å²) < 4.78 is 0. The van der Waals surface area contributed by atoms with E-state index in [1.165, 1.54) is 11.1 Å². The van der Waals surface area contributed by atoms with Crippen LogP contribution in [0.4, 0.5) is 0 Å². The molecule has 3 N–H and O–H groups in total. The van der Waals surface area contributed by atoms with E-state index in [1.807, 2.05) is 19.2 Å². The largest absolute Gasteiger partial charge is 0.508 e. The molecule has 6 heteroatoms. The summed E-state index contributed by atoms with van der Waals surface area (Å²) in [6.07, 6.45) is 4.30. The van der Waals surface area contributed by atoms with Crippen LogP contribution in [0.5, 0.6) is 5.75 Å². The molecule has 0 amide bonds. The first-order chi connectivity index (χ1) is 13.7. The third kappa shape index (κ3) is 8.22. The van der Waals surface area contributed by atoms with Crippen LogP contribution in [0, 0.1) is 0 Å². The van der Waals surface area contributed by atoms with Gasteiger partial charge in [-0.1, -0.05) is 42.5 Å². The van der Waals surface area contributed by atoms with Crippen molar-refractivity contribution in [1.29, 1.82) is 0 Å². The van der Waals surface area contributed by atoms with Gasteiger partial charge in [0.1, 0.15) is 5.75 Å². The minimum absolute atomic E-state index is 0. The lowest BCUT2D eigenvalue weighted by molar-refractivity contribution is 0.198. The maximum atomic E-state index is 9.34. The Morgan fingerprint density at radius 3 is 2.38 bits per heavy atom. The molecule has 0 aliphatic carbocycles. The number of likely N-dealkylation sites (tertiary alicyclic amines) is 1. The van der Waals surface area contributed by atoms with Crippen LogP contribution in [0.25, 0.3) is 0 Å². The highest BCUT2D eigenvalue weighted by atomic mass is 127. The Morgan fingerprint density at radius 1 is 1.03 bits per heavy atom. The number of aryl methyl sites for hydroxylation is 1. The highest BCUT2D eigenvalue weighted by Gasteiger charge is 2.19. The second kappa shape index (κ2) is 12.7. The Hall–Kier alpha value is -1.80. The third-order valence-electron chi connectivity index (χ3n) is 5.27. The van der Waals surface area contributed by atoms with Crippen molar-refractivity contribution in [2.75, 3.05) is 26.7 Å². The number of benzene rings is 2. The number of nitrogens with zero attached hydrogens (tertiary/aromatic N) is 2. The van der Waals surface area contributed by atoms with Crippen molar-refractivity contribution >= 4 is 29.9 Å². The molecule has 2 aromatic carbocycles. The second-order valence-corrected chi connectivity index (χ2v) is 7.45. The van der Waals surface area contributed by atoms with Gasteiger partial charge in [-0.3, -0.25) is 9.89 Å². The van der Waals surface area contributed by atoms with Crippen LogP contribution in [0.15, 0.2) is 59.6 Å². The molecule has 5 nitrogen and oxygen atoms in total.